The third kappa shape index (κ3) is 4.91. The number of pyridine rings is 2. The maximum absolute atomic E-state index is 12.2. The summed E-state index contributed by atoms with van der Waals surface area (Å²) in [5.41, 5.74) is 8.54. The number of imidazole rings is 2. The molecule has 6 atom stereocenters. The van der Waals surface area contributed by atoms with Crippen LogP contribution in [0.2, 0.25) is 0 Å². The average Bonchev–Trinajstić information content (AvgIpc) is 3.98. The van der Waals surface area contributed by atoms with Crippen LogP contribution < -0.4 is 4.74 Å². The van der Waals surface area contributed by atoms with Crippen LogP contribution in [0, 0.1) is 23.7 Å². The topological polar surface area (TPSA) is 84.3 Å². The lowest BCUT2D eigenvalue weighted by molar-refractivity contribution is 0.0413. The Balaban J connectivity index is 1.02. The van der Waals surface area contributed by atoms with Crippen molar-refractivity contribution in [1.82, 2.24) is 18.8 Å². The van der Waals surface area contributed by atoms with Crippen LogP contribution in [-0.4, -0.2) is 35.1 Å². The molecule has 0 amide bonds. The van der Waals surface area contributed by atoms with Crippen LogP contribution in [-0.2, 0) is 0 Å². The van der Waals surface area contributed by atoms with Crippen LogP contribution in [0.3, 0.4) is 0 Å². The average molecular weight is 643 g/mol. The van der Waals surface area contributed by atoms with Crippen molar-refractivity contribution in [1.29, 1.82) is 0 Å². The molecule has 0 radical (unpaired) electrons. The first kappa shape index (κ1) is 29.3. The predicted molar refractivity (Wildman–Crippen MR) is 184 cm³/mol. The van der Waals surface area contributed by atoms with Crippen molar-refractivity contribution in [3.63, 3.8) is 0 Å². The molecule has 0 spiro atoms. The normalized spacial score (nSPS) is 29.9. The zero-order chi connectivity index (χ0) is 31.9. The highest BCUT2D eigenvalue weighted by Gasteiger charge is 2.50. The van der Waals surface area contributed by atoms with Crippen molar-refractivity contribution in [3.8, 4) is 6.01 Å². The summed E-state index contributed by atoms with van der Waals surface area (Å²) in [5.74, 6) is 2.98. The zero-order valence-corrected chi connectivity index (χ0v) is 27.6. The van der Waals surface area contributed by atoms with E-state index in [1.54, 1.807) is 0 Å². The highest BCUT2D eigenvalue weighted by Crippen LogP contribution is 2.56. The number of hydrogen-bond donors (Lipinski definition) is 2. The highest BCUT2D eigenvalue weighted by molar-refractivity contribution is 5.62. The van der Waals surface area contributed by atoms with Gasteiger partial charge in [0.15, 0.2) is 0 Å². The smallest absolute Gasteiger partial charge is 0.301 e. The third-order valence-corrected chi connectivity index (χ3v) is 13.0. The Morgan fingerprint density at radius 3 is 2.17 bits per heavy atom. The SMILES string of the molecule is OC1CC2CC1CC2C(Oc1ncc2c(C(O)C3CCC(c4ccccc4)CC3)c(C3CC3)ccn12)c1c(C2CC2)ccn2cncc12. The largest absolute Gasteiger partial charge is 0.456 e. The van der Waals surface area contributed by atoms with Gasteiger partial charge in [-0.2, -0.15) is 0 Å². The van der Waals surface area contributed by atoms with E-state index in [2.05, 4.69) is 68.6 Å². The molecule has 2 bridgehead atoms. The maximum Gasteiger partial charge on any atom is 0.301 e. The second-order valence-corrected chi connectivity index (χ2v) is 15.9. The van der Waals surface area contributed by atoms with Gasteiger partial charge in [-0.25, -0.2) is 9.97 Å². The fraction of sp³-hybridized carbons (Fsp3) is 0.512. The molecule has 5 fully saturated rings. The Morgan fingerprint density at radius 2 is 1.46 bits per heavy atom. The van der Waals surface area contributed by atoms with Crippen LogP contribution in [0.4, 0.5) is 0 Å². The second kappa shape index (κ2) is 11.4. The summed E-state index contributed by atoms with van der Waals surface area (Å²) in [6.45, 7) is 0. The molecule has 5 aliphatic carbocycles. The van der Waals surface area contributed by atoms with E-state index >= 15 is 0 Å². The second-order valence-electron chi connectivity index (χ2n) is 15.9. The van der Waals surface area contributed by atoms with Gasteiger partial charge < -0.3 is 19.4 Å². The van der Waals surface area contributed by atoms with Gasteiger partial charge in [-0.3, -0.25) is 4.40 Å². The van der Waals surface area contributed by atoms with Crippen molar-refractivity contribution in [3.05, 3.63) is 101 Å². The van der Waals surface area contributed by atoms with Crippen LogP contribution in [0.5, 0.6) is 6.01 Å². The van der Waals surface area contributed by atoms with Crippen molar-refractivity contribution in [2.45, 2.75) is 107 Å². The Bertz CT molecular complexity index is 1950. The first-order chi connectivity index (χ1) is 23.6. The van der Waals surface area contributed by atoms with E-state index < -0.39 is 6.10 Å². The Kier molecular flexibility index (Phi) is 6.98. The van der Waals surface area contributed by atoms with Gasteiger partial charge in [0.2, 0.25) is 0 Å². The van der Waals surface area contributed by atoms with E-state index in [1.165, 1.54) is 47.9 Å². The van der Waals surface area contributed by atoms with Crippen molar-refractivity contribution < 1.29 is 14.9 Å². The first-order valence-corrected chi connectivity index (χ1v) is 18.6. The summed E-state index contributed by atoms with van der Waals surface area (Å²) < 4.78 is 11.5. The van der Waals surface area contributed by atoms with E-state index in [1.807, 2.05) is 18.7 Å². The minimum Gasteiger partial charge on any atom is -0.456 e. The summed E-state index contributed by atoms with van der Waals surface area (Å²) in [5, 5.41) is 22.9. The minimum absolute atomic E-state index is 0.182. The van der Waals surface area contributed by atoms with Crippen LogP contribution in [0.15, 0.2) is 73.6 Å². The summed E-state index contributed by atoms with van der Waals surface area (Å²) in [6, 6.07) is 16.0. The summed E-state index contributed by atoms with van der Waals surface area (Å²) in [6.07, 6.45) is 21.2. The molecule has 1 aromatic carbocycles. The van der Waals surface area contributed by atoms with E-state index in [9.17, 15) is 10.2 Å². The van der Waals surface area contributed by atoms with Gasteiger partial charge in [0.05, 0.1) is 42.0 Å². The van der Waals surface area contributed by atoms with Crippen molar-refractivity contribution in [2.75, 3.05) is 0 Å². The van der Waals surface area contributed by atoms with Crippen LogP contribution in [0.25, 0.3) is 11.0 Å². The molecule has 5 saturated carbocycles. The van der Waals surface area contributed by atoms with E-state index in [-0.39, 0.29) is 18.1 Å². The quantitative estimate of drug-likeness (QED) is 0.169. The molecular weight excluding hydrogens is 596 g/mol. The fourth-order valence-electron chi connectivity index (χ4n) is 10.2. The minimum atomic E-state index is -0.518. The predicted octanol–water partition coefficient (Wildman–Crippen LogP) is 8.27. The molecule has 2 N–H and O–H groups in total. The fourth-order valence-corrected chi connectivity index (χ4v) is 10.2. The monoisotopic (exact) mass is 642 g/mol. The van der Waals surface area contributed by atoms with Crippen molar-refractivity contribution in [2.24, 2.45) is 23.7 Å². The van der Waals surface area contributed by atoms with E-state index in [0.717, 1.165) is 61.5 Å². The maximum atomic E-state index is 12.2. The standard InChI is InChI=1S/C41H46N4O3/c46-36-20-29-18-30(36)19-33(29)40(38-32(27-10-11-27)14-16-44-23-42-21-34(38)44)48-41-43-22-35-37(31(26-8-9-26)15-17-45(35)41)39(47)28-12-6-25(7-13-28)24-4-2-1-3-5-24/h1-5,14-17,21-23,25-30,33,36,39-40,46-47H,6-13,18-20H2. The molecule has 48 heavy (non-hydrogen) atoms. The molecular formula is C41H46N4O3. The molecule has 4 heterocycles. The molecule has 5 aromatic rings. The molecule has 248 valence electrons. The highest BCUT2D eigenvalue weighted by atomic mass is 16.5. The number of aromatic nitrogens is 4. The lowest BCUT2D eigenvalue weighted by Crippen LogP contribution is -2.30. The lowest BCUT2D eigenvalue weighted by atomic mass is 9.75. The first-order valence-electron chi connectivity index (χ1n) is 18.6. The van der Waals surface area contributed by atoms with Crippen LogP contribution in [0.1, 0.15) is 128 Å². The molecule has 0 saturated heterocycles. The molecule has 7 nitrogen and oxygen atoms in total. The van der Waals surface area contributed by atoms with Gasteiger partial charge in [0, 0.05) is 29.4 Å². The Hall–Kier alpha value is -3.68. The summed E-state index contributed by atoms with van der Waals surface area (Å²) in [7, 11) is 0. The number of fused-ring (bicyclic) bond motifs is 4. The Labute approximate surface area is 282 Å². The summed E-state index contributed by atoms with van der Waals surface area (Å²) >= 11 is 0. The van der Waals surface area contributed by atoms with Gasteiger partial charge in [-0.15, -0.1) is 0 Å². The van der Waals surface area contributed by atoms with E-state index in [0.29, 0.717) is 41.5 Å². The Morgan fingerprint density at radius 1 is 0.729 bits per heavy atom. The molecule has 10 rings (SSSR count). The lowest BCUT2D eigenvalue weighted by Gasteiger charge is -2.34. The van der Waals surface area contributed by atoms with Crippen LogP contribution >= 0.6 is 0 Å². The molecule has 0 aliphatic heterocycles. The van der Waals surface area contributed by atoms with Gasteiger partial charge in [0.1, 0.15) is 6.10 Å². The van der Waals surface area contributed by atoms with Gasteiger partial charge in [-0.05, 0) is 135 Å². The van der Waals surface area contributed by atoms with Gasteiger partial charge in [0.25, 0.3) is 0 Å². The number of benzene rings is 1. The molecule has 4 aromatic heterocycles. The number of aliphatic hydroxyl groups is 2. The number of nitrogens with zero attached hydrogens (tertiary/aromatic N) is 4. The third-order valence-electron chi connectivity index (χ3n) is 13.0. The van der Waals surface area contributed by atoms with Gasteiger partial charge >= 0.3 is 6.01 Å². The molecule has 6 unspecified atom stereocenters. The van der Waals surface area contributed by atoms with Crippen molar-refractivity contribution >= 4 is 11.0 Å². The molecule has 5 aliphatic rings. The molecule has 7 heteroatoms. The van der Waals surface area contributed by atoms with E-state index in [4.69, 9.17) is 9.72 Å². The number of hydrogen-bond acceptors (Lipinski definition) is 5. The number of ether oxygens (including phenoxy) is 1. The summed E-state index contributed by atoms with van der Waals surface area (Å²) in [4.78, 5) is 9.53. The van der Waals surface area contributed by atoms with Gasteiger partial charge in [-0.1, -0.05) is 30.3 Å². The number of aliphatic hydroxyl groups excluding tert-OH is 2. The number of rotatable bonds is 9. The zero-order valence-electron chi connectivity index (χ0n) is 27.6.